The van der Waals surface area contributed by atoms with Crippen molar-refractivity contribution in [3.05, 3.63) is 69.3 Å². The summed E-state index contributed by atoms with van der Waals surface area (Å²) >= 11 is 1.59. The van der Waals surface area contributed by atoms with Crippen LogP contribution in [0.1, 0.15) is 26.3 Å². The van der Waals surface area contributed by atoms with Crippen molar-refractivity contribution in [2.75, 3.05) is 6.26 Å². The van der Waals surface area contributed by atoms with Gasteiger partial charge in [0.1, 0.15) is 5.56 Å². The summed E-state index contributed by atoms with van der Waals surface area (Å²) in [5.41, 5.74) is 0.425. The summed E-state index contributed by atoms with van der Waals surface area (Å²) in [5.74, 6) is -1.12. The molecule has 2 aromatic rings. The molecule has 2 aromatic carbocycles. The van der Waals surface area contributed by atoms with Crippen LogP contribution in [0.15, 0.2) is 47.4 Å². The van der Waals surface area contributed by atoms with Crippen LogP contribution in [0, 0.1) is 10.1 Å². The number of hydrogen-bond acceptors (Lipinski definition) is 5. The third-order valence-electron chi connectivity index (χ3n) is 3.67. The van der Waals surface area contributed by atoms with Gasteiger partial charge in [0.2, 0.25) is 0 Å². The highest BCUT2D eigenvalue weighted by molar-refractivity contribution is 7.98. The number of rotatable bonds is 4. The van der Waals surface area contributed by atoms with Crippen molar-refractivity contribution in [1.82, 2.24) is 4.90 Å². The number of nitro benzene ring substituents is 1. The third-order valence-corrected chi connectivity index (χ3v) is 4.42. The molecule has 0 aliphatic carbocycles. The number of carbonyl (C=O) groups is 2. The van der Waals surface area contributed by atoms with Crippen molar-refractivity contribution in [3.63, 3.8) is 0 Å². The highest BCUT2D eigenvalue weighted by Gasteiger charge is 2.40. The van der Waals surface area contributed by atoms with Crippen LogP contribution in [0.25, 0.3) is 0 Å². The Balaban J connectivity index is 1.93. The second-order valence-corrected chi connectivity index (χ2v) is 5.88. The van der Waals surface area contributed by atoms with E-state index in [1.165, 1.54) is 18.2 Å². The van der Waals surface area contributed by atoms with Crippen LogP contribution >= 0.6 is 11.8 Å². The van der Waals surface area contributed by atoms with Crippen molar-refractivity contribution in [1.29, 1.82) is 0 Å². The molecule has 1 aliphatic heterocycles. The zero-order valence-corrected chi connectivity index (χ0v) is 13.0. The minimum absolute atomic E-state index is 0.0879. The maximum Gasteiger partial charge on any atom is 0.282 e. The highest BCUT2D eigenvalue weighted by atomic mass is 32.2. The van der Waals surface area contributed by atoms with E-state index < -0.39 is 16.7 Å². The van der Waals surface area contributed by atoms with E-state index in [1.54, 1.807) is 11.8 Å². The Labute approximate surface area is 136 Å². The summed E-state index contributed by atoms with van der Waals surface area (Å²) in [6, 6.07) is 11.6. The molecule has 1 aliphatic rings. The molecule has 0 fully saturated rings. The van der Waals surface area contributed by atoms with Gasteiger partial charge in [0.25, 0.3) is 17.5 Å². The zero-order valence-electron chi connectivity index (χ0n) is 12.2. The van der Waals surface area contributed by atoms with Gasteiger partial charge in [-0.3, -0.25) is 24.6 Å². The van der Waals surface area contributed by atoms with Gasteiger partial charge in [0.15, 0.2) is 0 Å². The van der Waals surface area contributed by atoms with Gasteiger partial charge in [-0.05, 0) is 30.0 Å². The van der Waals surface area contributed by atoms with Crippen LogP contribution in [-0.2, 0) is 6.54 Å². The number of carbonyl (C=O) groups excluding carboxylic acids is 2. The average Bonchev–Trinajstić information content (AvgIpc) is 2.80. The molecular weight excluding hydrogens is 316 g/mol. The van der Waals surface area contributed by atoms with Gasteiger partial charge in [-0.2, -0.15) is 0 Å². The molecule has 0 unspecified atom stereocenters. The Morgan fingerprint density at radius 3 is 2.39 bits per heavy atom. The SMILES string of the molecule is CSc1ccc(CN2C(=O)c3cccc([N+](=O)[O-])c3C2=O)cc1. The summed E-state index contributed by atoms with van der Waals surface area (Å²) in [6.45, 7) is 0.0954. The molecule has 7 heteroatoms. The standard InChI is InChI=1S/C16H12N2O4S/c1-23-11-7-5-10(6-8-11)9-17-15(19)12-3-2-4-13(18(21)22)14(12)16(17)20/h2-8H,9H2,1H3. The van der Waals surface area contributed by atoms with E-state index in [4.69, 9.17) is 0 Å². The molecule has 3 rings (SSSR count). The van der Waals surface area contributed by atoms with Crippen molar-refractivity contribution in [2.45, 2.75) is 11.4 Å². The van der Waals surface area contributed by atoms with Gasteiger partial charge in [-0.25, -0.2) is 0 Å². The van der Waals surface area contributed by atoms with E-state index in [-0.39, 0.29) is 23.4 Å². The van der Waals surface area contributed by atoms with Crippen molar-refractivity contribution in [2.24, 2.45) is 0 Å². The smallest absolute Gasteiger partial charge is 0.270 e. The molecule has 0 atom stereocenters. The molecule has 0 aromatic heterocycles. The molecule has 0 N–H and O–H groups in total. The predicted molar refractivity (Wildman–Crippen MR) is 85.5 cm³/mol. The Bertz CT molecular complexity index is 817. The van der Waals surface area contributed by atoms with Crippen LogP contribution in [-0.4, -0.2) is 27.9 Å². The van der Waals surface area contributed by atoms with E-state index in [9.17, 15) is 19.7 Å². The summed E-state index contributed by atoms with van der Waals surface area (Å²) in [4.78, 5) is 37.4. The van der Waals surface area contributed by atoms with Gasteiger partial charge in [-0.15, -0.1) is 11.8 Å². The third kappa shape index (κ3) is 2.59. The van der Waals surface area contributed by atoms with E-state index in [1.807, 2.05) is 30.5 Å². The molecule has 2 amide bonds. The first-order valence-corrected chi connectivity index (χ1v) is 8.02. The van der Waals surface area contributed by atoms with E-state index >= 15 is 0 Å². The molecule has 6 nitrogen and oxygen atoms in total. The minimum Gasteiger partial charge on any atom is -0.270 e. The second-order valence-electron chi connectivity index (χ2n) is 5.00. The average molecular weight is 328 g/mol. The molecule has 0 saturated heterocycles. The van der Waals surface area contributed by atoms with Crippen molar-refractivity contribution in [3.8, 4) is 0 Å². The fraction of sp³-hybridized carbons (Fsp3) is 0.125. The normalized spacial score (nSPS) is 13.3. The fourth-order valence-electron chi connectivity index (χ4n) is 2.52. The van der Waals surface area contributed by atoms with Gasteiger partial charge in [0.05, 0.1) is 17.0 Å². The summed E-state index contributed by atoms with van der Waals surface area (Å²) in [5, 5.41) is 11.1. The molecule has 0 spiro atoms. The van der Waals surface area contributed by atoms with Gasteiger partial charge in [0, 0.05) is 11.0 Å². The van der Waals surface area contributed by atoms with Crippen LogP contribution in [0.3, 0.4) is 0 Å². The molecule has 116 valence electrons. The van der Waals surface area contributed by atoms with Gasteiger partial charge in [-0.1, -0.05) is 18.2 Å². The molecule has 0 saturated carbocycles. The Morgan fingerprint density at radius 2 is 1.78 bits per heavy atom. The molecule has 1 heterocycles. The highest BCUT2D eigenvalue weighted by Crippen LogP contribution is 2.31. The lowest BCUT2D eigenvalue weighted by atomic mass is 10.1. The lowest BCUT2D eigenvalue weighted by Gasteiger charge is -2.13. The summed E-state index contributed by atoms with van der Waals surface area (Å²) in [7, 11) is 0. The van der Waals surface area contributed by atoms with E-state index in [0.717, 1.165) is 15.4 Å². The lowest BCUT2D eigenvalue weighted by Crippen LogP contribution is -2.29. The monoisotopic (exact) mass is 328 g/mol. The lowest BCUT2D eigenvalue weighted by molar-refractivity contribution is -0.385. The molecule has 23 heavy (non-hydrogen) atoms. The topological polar surface area (TPSA) is 80.5 Å². The second kappa shape index (κ2) is 5.85. The maximum absolute atomic E-state index is 12.5. The largest absolute Gasteiger partial charge is 0.282 e. The number of nitro groups is 1. The fourth-order valence-corrected chi connectivity index (χ4v) is 2.93. The number of fused-ring (bicyclic) bond motifs is 1. The van der Waals surface area contributed by atoms with Crippen molar-refractivity contribution >= 4 is 29.3 Å². The number of thioether (sulfide) groups is 1. The minimum atomic E-state index is -0.638. The molecule has 0 radical (unpaired) electrons. The van der Waals surface area contributed by atoms with Crippen LogP contribution < -0.4 is 0 Å². The molecular formula is C16H12N2O4S. The maximum atomic E-state index is 12.5. The van der Waals surface area contributed by atoms with E-state index in [0.29, 0.717) is 0 Å². The van der Waals surface area contributed by atoms with Gasteiger partial charge >= 0.3 is 0 Å². The molecule has 0 bridgehead atoms. The summed E-state index contributed by atoms with van der Waals surface area (Å²) in [6.07, 6.45) is 1.96. The van der Waals surface area contributed by atoms with Crippen molar-refractivity contribution < 1.29 is 14.5 Å². The van der Waals surface area contributed by atoms with Crippen LogP contribution in [0.5, 0.6) is 0 Å². The van der Waals surface area contributed by atoms with Gasteiger partial charge < -0.3 is 0 Å². The van der Waals surface area contributed by atoms with Crippen LogP contribution in [0.4, 0.5) is 5.69 Å². The number of hydrogen-bond donors (Lipinski definition) is 0. The Kier molecular flexibility index (Phi) is 3.87. The van der Waals surface area contributed by atoms with Crippen LogP contribution in [0.2, 0.25) is 0 Å². The first kappa shape index (κ1) is 15.2. The predicted octanol–water partition coefficient (Wildman–Crippen LogP) is 3.11. The summed E-state index contributed by atoms with van der Waals surface area (Å²) < 4.78 is 0. The quantitative estimate of drug-likeness (QED) is 0.373. The Morgan fingerprint density at radius 1 is 1.09 bits per heavy atom. The number of benzene rings is 2. The Hall–Kier alpha value is -2.67. The first-order valence-electron chi connectivity index (χ1n) is 6.79. The number of nitrogens with zero attached hydrogens (tertiary/aromatic N) is 2. The number of amides is 2. The van der Waals surface area contributed by atoms with E-state index in [2.05, 4.69) is 0 Å². The zero-order chi connectivity index (χ0) is 16.6. The number of imide groups is 1. The first-order chi connectivity index (χ1) is 11.0.